The van der Waals surface area contributed by atoms with Crippen LogP contribution in [0.2, 0.25) is 0 Å². The van der Waals surface area contributed by atoms with Crippen molar-refractivity contribution in [3.63, 3.8) is 0 Å². The van der Waals surface area contributed by atoms with E-state index in [2.05, 4.69) is 18.9 Å². The molecule has 0 bridgehead atoms. The third-order valence-electron chi connectivity index (χ3n) is 2.37. The van der Waals surface area contributed by atoms with E-state index in [-0.39, 0.29) is 0 Å². The van der Waals surface area contributed by atoms with E-state index in [1.165, 1.54) is 0 Å². The molecule has 0 amide bonds. The summed E-state index contributed by atoms with van der Waals surface area (Å²) >= 11 is 0. The highest BCUT2D eigenvalue weighted by molar-refractivity contribution is 5.85. The van der Waals surface area contributed by atoms with Crippen molar-refractivity contribution in [3.05, 3.63) is 0 Å². The van der Waals surface area contributed by atoms with E-state index in [4.69, 9.17) is 20.4 Å². The fraction of sp³-hybridized carbons (Fsp3) is 0.667. The molecule has 0 fully saturated rings. The van der Waals surface area contributed by atoms with Gasteiger partial charge >= 0.3 is 23.9 Å². The number of carbonyl (C=O) groups excluding carboxylic acids is 4. The van der Waals surface area contributed by atoms with Crippen molar-refractivity contribution >= 4 is 23.9 Å². The Morgan fingerprint density at radius 3 is 0.708 bits per heavy atom. The molecular weight excluding hydrogens is 336 g/mol. The molecule has 0 aromatic rings. The molecule has 12 nitrogen and oxygen atoms in total. The molecule has 140 valence electrons. The molecule has 4 atom stereocenters. The SMILES string of the molecule is COC(=O)C(O)C(O)C(=O)OC.COC(=O)C(O)C(O)C(=O)OC. The number of esters is 4. The van der Waals surface area contributed by atoms with Crippen molar-refractivity contribution in [2.45, 2.75) is 24.4 Å². The zero-order chi connectivity index (χ0) is 19.4. The normalized spacial score (nSPS) is 14.7. The second kappa shape index (κ2) is 12.2. The highest BCUT2D eigenvalue weighted by Gasteiger charge is 2.32. The Labute approximate surface area is 136 Å². The number of rotatable bonds is 6. The molecule has 0 rings (SSSR count). The number of methoxy groups -OCH3 is 4. The van der Waals surface area contributed by atoms with Crippen LogP contribution in [-0.2, 0) is 38.1 Å². The fourth-order valence-electron chi connectivity index (χ4n) is 0.999. The van der Waals surface area contributed by atoms with Crippen molar-refractivity contribution in [1.29, 1.82) is 0 Å². The molecule has 24 heavy (non-hydrogen) atoms. The molecule has 0 aliphatic rings. The summed E-state index contributed by atoms with van der Waals surface area (Å²) in [5, 5.41) is 35.4. The van der Waals surface area contributed by atoms with Gasteiger partial charge in [-0.3, -0.25) is 0 Å². The second-order valence-corrected chi connectivity index (χ2v) is 3.87. The first-order valence-electron chi connectivity index (χ1n) is 6.12. The Balaban J connectivity index is 0. The summed E-state index contributed by atoms with van der Waals surface area (Å²) in [5.41, 5.74) is 0. The lowest BCUT2D eigenvalue weighted by Gasteiger charge is -2.12. The average molecular weight is 356 g/mol. The topological polar surface area (TPSA) is 186 Å². The number of aliphatic hydroxyl groups is 4. The molecule has 4 N–H and O–H groups in total. The predicted octanol–water partition coefficient (Wildman–Crippen LogP) is -3.89. The Morgan fingerprint density at radius 1 is 0.500 bits per heavy atom. The first-order chi connectivity index (χ1) is 11.1. The standard InChI is InChI=1S/2C6H10O6/c2*1-11-5(9)3(7)4(8)6(10)12-2/h2*3-4,7-8H,1-2H3. The first-order valence-corrected chi connectivity index (χ1v) is 6.12. The first kappa shape index (κ1) is 24.0. The molecule has 0 spiro atoms. The van der Waals surface area contributed by atoms with Gasteiger partial charge < -0.3 is 39.4 Å². The van der Waals surface area contributed by atoms with Crippen LogP contribution in [0.5, 0.6) is 0 Å². The molecule has 0 aliphatic heterocycles. The van der Waals surface area contributed by atoms with Gasteiger partial charge in [0.1, 0.15) is 0 Å². The third kappa shape index (κ3) is 7.82. The molecule has 0 aliphatic carbocycles. The van der Waals surface area contributed by atoms with Crippen LogP contribution < -0.4 is 0 Å². The Bertz CT molecular complexity index is 354. The van der Waals surface area contributed by atoms with E-state index < -0.39 is 48.3 Å². The molecule has 0 saturated carbocycles. The Hall–Kier alpha value is -2.28. The minimum Gasteiger partial charge on any atom is -0.467 e. The summed E-state index contributed by atoms with van der Waals surface area (Å²) in [6.45, 7) is 0. The smallest absolute Gasteiger partial charge is 0.338 e. The summed E-state index contributed by atoms with van der Waals surface area (Å²) in [4.78, 5) is 42.1. The van der Waals surface area contributed by atoms with Gasteiger partial charge in [-0.05, 0) is 0 Å². The van der Waals surface area contributed by atoms with Crippen molar-refractivity contribution in [3.8, 4) is 0 Å². The largest absolute Gasteiger partial charge is 0.467 e. The minimum absolute atomic E-state index is 1.02. The number of ether oxygens (including phenoxy) is 4. The van der Waals surface area contributed by atoms with Crippen molar-refractivity contribution < 1.29 is 58.6 Å². The van der Waals surface area contributed by atoms with Crippen molar-refractivity contribution in [2.75, 3.05) is 28.4 Å². The van der Waals surface area contributed by atoms with E-state index in [1.807, 2.05) is 0 Å². The van der Waals surface area contributed by atoms with Crippen LogP contribution in [0.15, 0.2) is 0 Å². The highest BCUT2D eigenvalue weighted by Crippen LogP contribution is 1.98. The van der Waals surface area contributed by atoms with E-state index in [0.29, 0.717) is 0 Å². The van der Waals surface area contributed by atoms with Crippen LogP contribution in [0.25, 0.3) is 0 Å². The van der Waals surface area contributed by atoms with E-state index in [1.54, 1.807) is 0 Å². The summed E-state index contributed by atoms with van der Waals surface area (Å²) < 4.78 is 16.3. The van der Waals surface area contributed by atoms with Crippen LogP contribution in [0.3, 0.4) is 0 Å². The van der Waals surface area contributed by atoms with E-state index in [0.717, 1.165) is 28.4 Å². The van der Waals surface area contributed by atoms with Crippen molar-refractivity contribution in [1.82, 2.24) is 0 Å². The van der Waals surface area contributed by atoms with Crippen LogP contribution in [0.1, 0.15) is 0 Å². The summed E-state index contributed by atoms with van der Waals surface area (Å²) in [5.74, 6) is -4.36. The lowest BCUT2D eigenvalue weighted by Crippen LogP contribution is -2.40. The van der Waals surface area contributed by atoms with Crippen molar-refractivity contribution in [2.24, 2.45) is 0 Å². The van der Waals surface area contributed by atoms with Gasteiger partial charge in [-0.1, -0.05) is 0 Å². The van der Waals surface area contributed by atoms with Gasteiger partial charge in [0.05, 0.1) is 28.4 Å². The molecule has 0 saturated heterocycles. The Morgan fingerprint density at radius 2 is 0.625 bits per heavy atom. The molecule has 0 radical (unpaired) electrons. The van der Waals surface area contributed by atoms with Gasteiger partial charge in [0.25, 0.3) is 0 Å². The maximum atomic E-state index is 10.5. The van der Waals surface area contributed by atoms with Gasteiger partial charge in [0.2, 0.25) is 0 Å². The Kier molecular flexibility index (Phi) is 12.2. The van der Waals surface area contributed by atoms with Crippen LogP contribution in [0, 0.1) is 0 Å². The number of aliphatic hydroxyl groups excluding tert-OH is 4. The lowest BCUT2D eigenvalue weighted by molar-refractivity contribution is -0.169. The summed E-state index contributed by atoms with van der Waals surface area (Å²) in [6.07, 6.45) is -7.60. The molecule has 0 aromatic heterocycles. The van der Waals surface area contributed by atoms with E-state index in [9.17, 15) is 19.2 Å². The molecule has 4 unspecified atom stereocenters. The van der Waals surface area contributed by atoms with Crippen LogP contribution in [0.4, 0.5) is 0 Å². The third-order valence-corrected chi connectivity index (χ3v) is 2.37. The summed E-state index contributed by atoms with van der Waals surface area (Å²) in [6, 6.07) is 0. The zero-order valence-electron chi connectivity index (χ0n) is 13.4. The number of carbonyl (C=O) groups is 4. The maximum absolute atomic E-state index is 10.5. The zero-order valence-corrected chi connectivity index (χ0v) is 13.4. The molecule has 0 heterocycles. The van der Waals surface area contributed by atoms with Gasteiger partial charge in [0.15, 0.2) is 24.4 Å². The second-order valence-electron chi connectivity index (χ2n) is 3.87. The summed E-state index contributed by atoms with van der Waals surface area (Å²) in [7, 11) is 4.09. The number of hydrogen-bond donors (Lipinski definition) is 4. The fourth-order valence-corrected chi connectivity index (χ4v) is 0.999. The van der Waals surface area contributed by atoms with Crippen LogP contribution in [-0.4, -0.2) is 97.2 Å². The molecular formula is C12H20O12. The van der Waals surface area contributed by atoms with Gasteiger partial charge in [-0.2, -0.15) is 0 Å². The lowest BCUT2D eigenvalue weighted by atomic mass is 10.2. The predicted molar refractivity (Wildman–Crippen MR) is 72.1 cm³/mol. The molecule has 12 heteroatoms. The maximum Gasteiger partial charge on any atom is 0.338 e. The average Bonchev–Trinajstić information content (AvgIpc) is 2.62. The number of hydrogen-bond acceptors (Lipinski definition) is 12. The minimum atomic E-state index is -1.90. The van der Waals surface area contributed by atoms with Gasteiger partial charge in [-0.15, -0.1) is 0 Å². The highest BCUT2D eigenvalue weighted by atomic mass is 16.6. The van der Waals surface area contributed by atoms with Gasteiger partial charge in [-0.25, -0.2) is 19.2 Å². The quantitative estimate of drug-likeness (QED) is 0.268. The van der Waals surface area contributed by atoms with Gasteiger partial charge in [0, 0.05) is 0 Å². The monoisotopic (exact) mass is 356 g/mol. The molecule has 0 aromatic carbocycles. The van der Waals surface area contributed by atoms with Crippen LogP contribution >= 0.6 is 0 Å². The van der Waals surface area contributed by atoms with E-state index >= 15 is 0 Å².